The lowest BCUT2D eigenvalue weighted by molar-refractivity contribution is 0.198. The second-order valence-corrected chi connectivity index (χ2v) is 21.8. The van der Waals surface area contributed by atoms with Crippen LogP contribution in [0, 0.1) is 6.92 Å². The number of hydrogen-bond acceptors (Lipinski definition) is 12. The molecule has 2 aromatic heterocycles. The van der Waals surface area contributed by atoms with Crippen LogP contribution in [-0.2, 0) is 51.6 Å². The van der Waals surface area contributed by atoms with Gasteiger partial charge in [-0.3, -0.25) is 14.4 Å². The number of H-pyrrole nitrogens is 2. The largest absolute Gasteiger partial charge is 0.381 e. The van der Waals surface area contributed by atoms with E-state index in [1.54, 1.807) is 72.8 Å². The van der Waals surface area contributed by atoms with E-state index in [0.29, 0.717) is 46.7 Å². The van der Waals surface area contributed by atoms with Gasteiger partial charge in [0.2, 0.25) is 19.7 Å². The van der Waals surface area contributed by atoms with Gasteiger partial charge in [0.1, 0.15) is 0 Å². The minimum atomic E-state index is -3.81. The molecule has 0 aliphatic carbocycles. The first-order valence-electron chi connectivity index (χ1n) is 22.1. The molecule has 354 valence electrons. The highest BCUT2D eigenvalue weighted by Gasteiger charge is 2.24. The standard InChI is InChI=1S/C23H22N2O5S2.C19H23N3O2S.C4H8O.C3H9N/c1-17-9-12-20(13-10-17)32(28,29)30-15-5-6-18-11-14-22-21(16-18)23(25-24-22)31(26,27)19-7-3-2-4-8-19;1-14(2)20-12-6-7-15-10-11-18-17(13-15)19(22-21-18)25(23,24)16-8-4-3-5-9-16;1-2-4-5-3-1;1-3(2)4/h2-4,7-14,16H,5-6,15H2,1H3,(H,24,25);3-5,8-11,13-14,20H,6-7,12H2,1-2H3,(H,21,22);1-4H2;3H,4H2,1-2H3. The molecule has 0 radical (unpaired) electrons. The smallest absolute Gasteiger partial charge is 0.296 e. The number of rotatable bonds is 15. The number of fused-ring (bicyclic) bond motifs is 2. The second kappa shape index (κ2) is 24.5. The van der Waals surface area contributed by atoms with E-state index in [2.05, 4.69) is 39.6 Å². The molecular weight excluding hydrogens is 897 g/mol. The summed E-state index contributed by atoms with van der Waals surface area (Å²) < 4.78 is 86.4. The molecule has 17 heteroatoms. The van der Waals surface area contributed by atoms with Crippen LogP contribution in [0.15, 0.2) is 146 Å². The topological polar surface area (TPSA) is 216 Å². The van der Waals surface area contributed by atoms with Gasteiger partial charge >= 0.3 is 0 Å². The summed E-state index contributed by atoms with van der Waals surface area (Å²) in [6, 6.07) is 35.1. The molecule has 14 nitrogen and oxygen atoms in total. The molecule has 5 N–H and O–H groups in total. The van der Waals surface area contributed by atoms with Gasteiger partial charge in [-0.25, -0.2) is 16.8 Å². The van der Waals surface area contributed by atoms with E-state index in [9.17, 15) is 25.3 Å². The summed E-state index contributed by atoms with van der Waals surface area (Å²) in [7, 11) is -11.2. The first-order valence-corrected chi connectivity index (χ1v) is 26.4. The average molecular weight is 959 g/mol. The fourth-order valence-electron chi connectivity index (χ4n) is 6.63. The Morgan fingerprint density at radius 2 is 1.09 bits per heavy atom. The SMILES string of the molecule is C1CCOC1.CC(C)N.CC(C)NCCCc1ccc2n[nH]c(S(=O)(=O)c3ccccc3)c2c1.Cc1ccc(S(=O)(=O)OCCCc2ccc3n[nH]c(S(=O)(=O)c4ccccc4)c3c2)cc1. The third kappa shape index (κ3) is 14.9. The zero-order valence-corrected chi connectivity index (χ0v) is 40.7. The number of sulfone groups is 2. The molecule has 0 saturated carbocycles. The quantitative estimate of drug-likeness (QED) is 0.0562. The van der Waals surface area contributed by atoms with Crippen LogP contribution in [-0.4, -0.2) is 84.1 Å². The minimum absolute atomic E-state index is 0.0226. The predicted molar refractivity (Wildman–Crippen MR) is 259 cm³/mol. The molecule has 1 aliphatic rings. The summed E-state index contributed by atoms with van der Waals surface area (Å²) in [5.41, 5.74) is 9.26. The van der Waals surface area contributed by atoms with Crippen LogP contribution in [0.2, 0.25) is 0 Å². The maximum atomic E-state index is 13.0. The highest BCUT2D eigenvalue weighted by Crippen LogP contribution is 2.29. The Labute approximate surface area is 389 Å². The third-order valence-corrected chi connectivity index (χ3v) is 14.8. The van der Waals surface area contributed by atoms with Crippen LogP contribution in [0.5, 0.6) is 0 Å². The van der Waals surface area contributed by atoms with Gasteiger partial charge in [0.25, 0.3) is 10.1 Å². The Hall–Kier alpha value is -5.27. The van der Waals surface area contributed by atoms with Crippen molar-refractivity contribution in [3.8, 4) is 0 Å². The van der Waals surface area contributed by atoms with Gasteiger partial charge in [0, 0.05) is 30.0 Å². The van der Waals surface area contributed by atoms with E-state index in [0.717, 1.165) is 49.3 Å². The average Bonchev–Trinajstić information content (AvgIpc) is 4.11. The maximum Gasteiger partial charge on any atom is 0.296 e. The lowest BCUT2D eigenvalue weighted by atomic mass is 10.1. The van der Waals surface area contributed by atoms with E-state index >= 15 is 0 Å². The molecule has 0 amide bonds. The van der Waals surface area contributed by atoms with Crippen LogP contribution in [0.25, 0.3) is 21.8 Å². The predicted octanol–water partition coefficient (Wildman–Crippen LogP) is 8.52. The van der Waals surface area contributed by atoms with Crippen LogP contribution >= 0.6 is 0 Å². The highest BCUT2D eigenvalue weighted by atomic mass is 32.2. The van der Waals surface area contributed by atoms with Crippen molar-refractivity contribution in [3.63, 3.8) is 0 Å². The van der Waals surface area contributed by atoms with Crippen molar-refractivity contribution in [1.82, 2.24) is 25.7 Å². The van der Waals surface area contributed by atoms with Crippen molar-refractivity contribution < 1.29 is 34.2 Å². The monoisotopic (exact) mass is 958 g/mol. The fourth-order valence-corrected chi connectivity index (χ4v) is 10.3. The highest BCUT2D eigenvalue weighted by molar-refractivity contribution is 7.92. The normalized spacial score (nSPS) is 12.9. The number of aromatic amines is 2. The molecule has 8 rings (SSSR count). The van der Waals surface area contributed by atoms with E-state index < -0.39 is 29.8 Å². The number of hydrogen-bond donors (Lipinski definition) is 4. The van der Waals surface area contributed by atoms with Gasteiger partial charge in [-0.15, -0.1) is 0 Å². The molecule has 66 heavy (non-hydrogen) atoms. The molecule has 5 aromatic carbocycles. The summed E-state index contributed by atoms with van der Waals surface area (Å²) >= 11 is 0. The first kappa shape index (κ1) is 51.7. The molecule has 3 heterocycles. The van der Waals surface area contributed by atoms with Crippen molar-refractivity contribution in [2.75, 3.05) is 26.4 Å². The van der Waals surface area contributed by atoms with Gasteiger partial charge < -0.3 is 15.8 Å². The first-order chi connectivity index (χ1) is 31.5. The number of nitrogens with one attached hydrogen (secondary N) is 3. The van der Waals surface area contributed by atoms with Gasteiger partial charge in [-0.05, 0) is 130 Å². The molecule has 0 atom stereocenters. The Balaban J connectivity index is 0.000000212. The minimum Gasteiger partial charge on any atom is -0.381 e. The van der Waals surface area contributed by atoms with Crippen LogP contribution in [0.1, 0.15) is 70.1 Å². The van der Waals surface area contributed by atoms with Crippen LogP contribution < -0.4 is 11.1 Å². The molecule has 1 aliphatic heterocycles. The number of nitrogens with zero attached hydrogens (tertiary/aromatic N) is 2. The lowest BCUT2D eigenvalue weighted by Gasteiger charge is -2.08. The molecule has 1 saturated heterocycles. The van der Waals surface area contributed by atoms with E-state index in [-0.39, 0.29) is 31.3 Å². The lowest BCUT2D eigenvalue weighted by Crippen LogP contribution is -2.23. The number of nitrogens with two attached hydrogens (primary N) is 1. The summed E-state index contributed by atoms with van der Waals surface area (Å²) in [5, 5.41) is 18.4. The molecule has 1 fully saturated rings. The van der Waals surface area contributed by atoms with Crippen LogP contribution in [0.3, 0.4) is 0 Å². The summed E-state index contributed by atoms with van der Waals surface area (Å²) in [6.45, 7) is 13.0. The number of aryl methyl sites for hydroxylation is 3. The number of ether oxygens (including phenoxy) is 1. The summed E-state index contributed by atoms with van der Waals surface area (Å²) in [6.07, 6.45) is 5.43. The van der Waals surface area contributed by atoms with Gasteiger partial charge in [0.15, 0.2) is 10.1 Å². The van der Waals surface area contributed by atoms with Crippen molar-refractivity contribution in [3.05, 3.63) is 138 Å². The Bertz CT molecular complexity index is 2910. The van der Waals surface area contributed by atoms with Gasteiger partial charge in [0.05, 0.1) is 32.3 Å². The van der Waals surface area contributed by atoms with E-state index in [1.165, 1.54) is 37.1 Å². The van der Waals surface area contributed by atoms with Gasteiger partial charge in [-0.1, -0.05) is 93.9 Å². The molecule has 0 spiro atoms. The van der Waals surface area contributed by atoms with Crippen molar-refractivity contribution in [1.29, 1.82) is 0 Å². The second-order valence-electron chi connectivity index (χ2n) is 16.4. The van der Waals surface area contributed by atoms with Crippen LogP contribution in [0.4, 0.5) is 0 Å². The Morgan fingerprint density at radius 1 is 0.636 bits per heavy atom. The van der Waals surface area contributed by atoms with Crippen molar-refractivity contribution in [2.45, 2.75) is 110 Å². The molecule has 0 bridgehead atoms. The maximum absolute atomic E-state index is 13.0. The zero-order valence-electron chi connectivity index (χ0n) is 38.2. The molecule has 0 unspecified atom stereocenters. The summed E-state index contributed by atoms with van der Waals surface area (Å²) in [5.74, 6) is 0. The van der Waals surface area contributed by atoms with E-state index in [1.807, 2.05) is 45.0 Å². The number of benzene rings is 5. The molecular formula is C49H62N6O8S3. The third-order valence-electron chi connectivity index (χ3n) is 9.99. The molecule has 7 aromatic rings. The Morgan fingerprint density at radius 3 is 1.52 bits per heavy atom. The zero-order chi connectivity index (χ0) is 47.7. The van der Waals surface area contributed by atoms with E-state index in [4.69, 9.17) is 14.7 Å². The van der Waals surface area contributed by atoms with Crippen molar-refractivity contribution >= 4 is 51.6 Å². The number of aromatic nitrogens is 4. The summed E-state index contributed by atoms with van der Waals surface area (Å²) in [4.78, 5) is 0.580. The Kier molecular flexibility index (Phi) is 19.2. The van der Waals surface area contributed by atoms with Gasteiger partial charge in [-0.2, -0.15) is 18.6 Å². The van der Waals surface area contributed by atoms with Crippen molar-refractivity contribution in [2.24, 2.45) is 5.73 Å². The fraction of sp³-hybridized carbons (Fsp3) is 0.347.